The summed E-state index contributed by atoms with van der Waals surface area (Å²) in [5.74, 6) is -0.354. The average molecular weight is 305 g/mol. The summed E-state index contributed by atoms with van der Waals surface area (Å²) in [6.45, 7) is 1.72. The Bertz CT molecular complexity index is 532. The smallest absolute Gasteiger partial charge is 0.341 e. The normalized spacial score (nSPS) is 16.3. The molecule has 1 aliphatic carbocycles. The zero-order chi connectivity index (χ0) is 16.2. The standard InChI is InChI=1S/C17H23NO4/c1-3-17(10-4-5-11-17)16(21)18(2)13-6-8-14(9-7-13)22-12-15(19)20/h6-9H,3-5,10-12H2,1-2H3,(H,19,20). The zero-order valence-electron chi connectivity index (χ0n) is 13.2. The highest BCUT2D eigenvalue weighted by atomic mass is 16.5. The lowest BCUT2D eigenvalue weighted by molar-refractivity contribution is -0.139. The first kappa shape index (κ1) is 16.3. The third-order valence-corrected chi connectivity index (χ3v) is 4.58. The molecule has 1 fully saturated rings. The summed E-state index contributed by atoms with van der Waals surface area (Å²) >= 11 is 0. The number of aliphatic carboxylic acids is 1. The van der Waals surface area contributed by atoms with Gasteiger partial charge in [0.2, 0.25) is 5.91 Å². The molecule has 0 saturated heterocycles. The molecule has 1 aromatic rings. The number of amides is 1. The van der Waals surface area contributed by atoms with Gasteiger partial charge in [0.1, 0.15) is 5.75 Å². The molecule has 5 heteroatoms. The first-order chi connectivity index (χ1) is 10.5. The second-order valence-corrected chi connectivity index (χ2v) is 5.88. The molecule has 1 aliphatic rings. The Hall–Kier alpha value is -2.04. The monoisotopic (exact) mass is 305 g/mol. The van der Waals surface area contributed by atoms with Crippen molar-refractivity contribution in [2.75, 3.05) is 18.6 Å². The van der Waals surface area contributed by atoms with E-state index in [1.54, 1.807) is 36.2 Å². The molecule has 1 aromatic carbocycles. The van der Waals surface area contributed by atoms with Gasteiger partial charge in [-0.05, 0) is 43.5 Å². The number of anilines is 1. The third-order valence-electron chi connectivity index (χ3n) is 4.58. The Balaban J connectivity index is 2.07. The van der Waals surface area contributed by atoms with Crippen LogP contribution in [-0.4, -0.2) is 30.6 Å². The molecular formula is C17H23NO4. The van der Waals surface area contributed by atoms with Gasteiger partial charge in [-0.15, -0.1) is 0 Å². The number of hydrogen-bond acceptors (Lipinski definition) is 3. The summed E-state index contributed by atoms with van der Waals surface area (Å²) in [6.07, 6.45) is 5.04. The van der Waals surface area contributed by atoms with Gasteiger partial charge in [0.15, 0.2) is 6.61 Å². The average Bonchev–Trinajstić information content (AvgIpc) is 3.02. The summed E-state index contributed by atoms with van der Waals surface area (Å²) in [5, 5.41) is 8.59. The molecule has 0 bridgehead atoms. The summed E-state index contributed by atoms with van der Waals surface area (Å²) in [5.41, 5.74) is 0.583. The van der Waals surface area contributed by atoms with E-state index in [1.165, 1.54) is 0 Å². The van der Waals surface area contributed by atoms with E-state index < -0.39 is 5.97 Å². The van der Waals surface area contributed by atoms with Crippen molar-refractivity contribution in [2.24, 2.45) is 5.41 Å². The minimum Gasteiger partial charge on any atom is -0.482 e. The summed E-state index contributed by atoms with van der Waals surface area (Å²) < 4.78 is 5.10. The van der Waals surface area contributed by atoms with E-state index in [0.717, 1.165) is 37.8 Å². The Morgan fingerprint density at radius 3 is 2.32 bits per heavy atom. The van der Waals surface area contributed by atoms with Crippen molar-refractivity contribution >= 4 is 17.6 Å². The molecule has 0 radical (unpaired) electrons. The highest BCUT2D eigenvalue weighted by molar-refractivity contribution is 5.97. The van der Waals surface area contributed by atoms with Crippen LogP contribution in [-0.2, 0) is 9.59 Å². The molecule has 2 rings (SSSR count). The van der Waals surface area contributed by atoms with E-state index in [4.69, 9.17) is 9.84 Å². The molecular weight excluding hydrogens is 282 g/mol. The van der Waals surface area contributed by atoms with E-state index in [9.17, 15) is 9.59 Å². The lowest BCUT2D eigenvalue weighted by atomic mass is 9.82. The third kappa shape index (κ3) is 3.40. The number of nitrogens with zero attached hydrogens (tertiary/aromatic N) is 1. The fourth-order valence-corrected chi connectivity index (χ4v) is 3.15. The summed E-state index contributed by atoms with van der Waals surface area (Å²) in [4.78, 5) is 25.0. The molecule has 0 aromatic heterocycles. The van der Waals surface area contributed by atoms with Crippen LogP contribution in [0.3, 0.4) is 0 Å². The van der Waals surface area contributed by atoms with Crippen molar-refractivity contribution in [3.8, 4) is 5.75 Å². The highest BCUT2D eigenvalue weighted by Crippen LogP contribution is 2.43. The van der Waals surface area contributed by atoms with Crippen molar-refractivity contribution in [3.63, 3.8) is 0 Å². The second-order valence-electron chi connectivity index (χ2n) is 5.88. The molecule has 1 saturated carbocycles. The zero-order valence-corrected chi connectivity index (χ0v) is 13.2. The number of rotatable bonds is 6. The number of carboxylic acid groups (broad SMARTS) is 1. The van der Waals surface area contributed by atoms with Gasteiger partial charge in [-0.25, -0.2) is 4.79 Å². The van der Waals surface area contributed by atoms with Crippen molar-refractivity contribution < 1.29 is 19.4 Å². The number of hydrogen-bond donors (Lipinski definition) is 1. The number of benzene rings is 1. The predicted molar refractivity (Wildman–Crippen MR) is 84.2 cm³/mol. The Kier molecular flexibility index (Phi) is 5.06. The predicted octanol–water partition coefficient (Wildman–Crippen LogP) is 3.08. The molecule has 0 aliphatic heterocycles. The number of ether oxygens (including phenoxy) is 1. The topological polar surface area (TPSA) is 66.8 Å². The van der Waals surface area contributed by atoms with Crippen LogP contribution in [0.1, 0.15) is 39.0 Å². The second kappa shape index (κ2) is 6.81. The number of carbonyl (C=O) groups is 2. The SMILES string of the molecule is CCC1(C(=O)N(C)c2ccc(OCC(=O)O)cc2)CCCC1. The minimum absolute atomic E-state index is 0.173. The summed E-state index contributed by atoms with van der Waals surface area (Å²) in [7, 11) is 1.80. The highest BCUT2D eigenvalue weighted by Gasteiger charge is 2.41. The van der Waals surface area contributed by atoms with Crippen molar-refractivity contribution in [1.29, 1.82) is 0 Å². The molecule has 0 spiro atoms. The van der Waals surface area contributed by atoms with E-state index in [0.29, 0.717) is 5.75 Å². The van der Waals surface area contributed by atoms with Crippen LogP contribution in [0.2, 0.25) is 0 Å². The molecule has 0 atom stereocenters. The Morgan fingerprint density at radius 2 is 1.82 bits per heavy atom. The Labute approximate surface area is 130 Å². The molecule has 1 N–H and O–H groups in total. The first-order valence-corrected chi connectivity index (χ1v) is 7.71. The van der Waals surface area contributed by atoms with Crippen LogP contribution < -0.4 is 9.64 Å². The molecule has 1 amide bonds. The molecule has 120 valence electrons. The minimum atomic E-state index is -1.01. The fraction of sp³-hybridized carbons (Fsp3) is 0.529. The van der Waals surface area contributed by atoms with Crippen LogP contribution in [0, 0.1) is 5.41 Å². The lowest BCUT2D eigenvalue weighted by Gasteiger charge is -2.31. The molecule has 0 unspecified atom stereocenters. The largest absolute Gasteiger partial charge is 0.482 e. The van der Waals surface area contributed by atoms with Gasteiger partial charge in [-0.3, -0.25) is 4.79 Å². The molecule has 22 heavy (non-hydrogen) atoms. The number of carbonyl (C=O) groups excluding carboxylic acids is 1. The van der Waals surface area contributed by atoms with E-state index in [1.807, 2.05) is 0 Å². The van der Waals surface area contributed by atoms with Gasteiger partial charge in [0.25, 0.3) is 0 Å². The molecule has 5 nitrogen and oxygen atoms in total. The van der Waals surface area contributed by atoms with Crippen LogP contribution in [0.25, 0.3) is 0 Å². The van der Waals surface area contributed by atoms with E-state index in [-0.39, 0.29) is 17.9 Å². The van der Waals surface area contributed by atoms with Crippen molar-refractivity contribution in [2.45, 2.75) is 39.0 Å². The van der Waals surface area contributed by atoms with Gasteiger partial charge in [-0.1, -0.05) is 19.8 Å². The van der Waals surface area contributed by atoms with Gasteiger partial charge in [0, 0.05) is 18.2 Å². The maximum atomic E-state index is 12.8. The Morgan fingerprint density at radius 1 is 1.23 bits per heavy atom. The van der Waals surface area contributed by atoms with E-state index in [2.05, 4.69) is 6.92 Å². The van der Waals surface area contributed by atoms with Crippen LogP contribution >= 0.6 is 0 Å². The van der Waals surface area contributed by atoms with Gasteiger partial charge >= 0.3 is 5.97 Å². The van der Waals surface area contributed by atoms with Crippen molar-refractivity contribution in [3.05, 3.63) is 24.3 Å². The van der Waals surface area contributed by atoms with Crippen LogP contribution in [0.15, 0.2) is 24.3 Å². The summed E-state index contributed by atoms with van der Waals surface area (Å²) in [6, 6.07) is 6.95. The quantitative estimate of drug-likeness (QED) is 0.877. The maximum Gasteiger partial charge on any atom is 0.341 e. The lowest BCUT2D eigenvalue weighted by Crippen LogP contribution is -2.40. The van der Waals surface area contributed by atoms with Gasteiger partial charge in [0.05, 0.1) is 0 Å². The first-order valence-electron chi connectivity index (χ1n) is 7.71. The van der Waals surface area contributed by atoms with E-state index >= 15 is 0 Å². The van der Waals surface area contributed by atoms with Crippen molar-refractivity contribution in [1.82, 2.24) is 0 Å². The number of carboxylic acids is 1. The van der Waals surface area contributed by atoms with Gasteiger partial charge < -0.3 is 14.7 Å². The molecule has 0 heterocycles. The fourth-order valence-electron chi connectivity index (χ4n) is 3.15. The van der Waals surface area contributed by atoms with Crippen LogP contribution in [0.4, 0.5) is 5.69 Å². The van der Waals surface area contributed by atoms with Gasteiger partial charge in [-0.2, -0.15) is 0 Å². The van der Waals surface area contributed by atoms with Crippen LogP contribution in [0.5, 0.6) is 5.75 Å². The maximum absolute atomic E-state index is 12.8.